The van der Waals surface area contributed by atoms with Crippen LogP contribution in [-0.4, -0.2) is 56.8 Å². The first-order valence-corrected chi connectivity index (χ1v) is 10.7. The molecule has 0 radical (unpaired) electrons. The van der Waals surface area contributed by atoms with E-state index >= 15 is 0 Å². The van der Waals surface area contributed by atoms with Crippen LogP contribution in [0.2, 0.25) is 0 Å². The molecule has 5 rings (SSSR count). The third kappa shape index (κ3) is 3.62. The molecule has 3 aromatic rings. The van der Waals surface area contributed by atoms with E-state index in [1.54, 1.807) is 22.7 Å². The molecule has 1 amide bonds. The van der Waals surface area contributed by atoms with Gasteiger partial charge in [0.1, 0.15) is 11.6 Å². The predicted octanol–water partition coefficient (Wildman–Crippen LogP) is 3.16. The van der Waals surface area contributed by atoms with Gasteiger partial charge in [-0.1, -0.05) is 12.1 Å². The fourth-order valence-corrected chi connectivity index (χ4v) is 4.47. The Hall–Kier alpha value is -3.03. The SMILES string of the molecule is O=C1CCCCN1CC1CCN(c2ccc3nnc(-c4ccccc4F)n3n2)CC1. The molecule has 1 aromatic carbocycles. The first-order chi connectivity index (χ1) is 14.7. The van der Waals surface area contributed by atoms with Crippen molar-refractivity contribution in [1.82, 2.24) is 24.7 Å². The van der Waals surface area contributed by atoms with Crippen LogP contribution in [0.15, 0.2) is 36.4 Å². The molecule has 30 heavy (non-hydrogen) atoms. The van der Waals surface area contributed by atoms with Crippen LogP contribution in [0.1, 0.15) is 32.1 Å². The highest BCUT2D eigenvalue weighted by Crippen LogP contribution is 2.26. The lowest BCUT2D eigenvalue weighted by molar-refractivity contribution is -0.134. The van der Waals surface area contributed by atoms with Gasteiger partial charge in [0.05, 0.1) is 5.56 Å². The molecule has 4 heterocycles. The summed E-state index contributed by atoms with van der Waals surface area (Å²) >= 11 is 0. The van der Waals surface area contributed by atoms with Gasteiger partial charge in [0, 0.05) is 32.6 Å². The summed E-state index contributed by atoms with van der Waals surface area (Å²) in [6.45, 7) is 3.57. The molecule has 0 N–H and O–H groups in total. The molecule has 2 fully saturated rings. The number of aromatic nitrogens is 4. The number of nitrogens with zero attached hydrogens (tertiary/aromatic N) is 6. The smallest absolute Gasteiger partial charge is 0.222 e. The predicted molar refractivity (Wildman–Crippen MR) is 112 cm³/mol. The Morgan fingerprint density at radius 1 is 1.00 bits per heavy atom. The van der Waals surface area contributed by atoms with E-state index in [1.165, 1.54) is 6.07 Å². The maximum absolute atomic E-state index is 14.3. The number of likely N-dealkylation sites (tertiary alicyclic amines) is 1. The second-order valence-electron chi connectivity index (χ2n) is 8.19. The summed E-state index contributed by atoms with van der Waals surface area (Å²) in [5, 5.41) is 13.0. The average molecular weight is 408 g/mol. The van der Waals surface area contributed by atoms with Gasteiger partial charge in [-0.05, 0) is 55.9 Å². The Morgan fingerprint density at radius 3 is 2.63 bits per heavy atom. The Morgan fingerprint density at radius 2 is 1.83 bits per heavy atom. The summed E-state index contributed by atoms with van der Waals surface area (Å²) in [6.07, 6.45) is 4.92. The molecule has 0 spiro atoms. The standard InChI is InChI=1S/C22H25FN6O/c23-18-6-2-1-5-17(18)22-25-24-19-8-9-20(26-29(19)22)27-13-10-16(11-14-27)15-28-12-4-3-7-21(28)30/h1-2,5-6,8-9,16H,3-4,7,10-15H2. The Balaban J connectivity index is 1.31. The summed E-state index contributed by atoms with van der Waals surface area (Å²) < 4.78 is 15.9. The number of hydrogen-bond donors (Lipinski definition) is 0. The molecule has 7 nitrogen and oxygen atoms in total. The highest BCUT2D eigenvalue weighted by atomic mass is 19.1. The Bertz CT molecular complexity index is 1060. The Labute approximate surface area is 174 Å². The zero-order chi connectivity index (χ0) is 20.5. The minimum absolute atomic E-state index is 0.309. The Kier molecular flexibility index (Phi) is 5.06. The van der Waals surface area contributed by atoms with Crippen LogP contribution in [0, 0.1) is 11.7 Å². The van der Waals surface area contributed by atoms with E-state index in [9.17, 15) is 9.18 Å². The van der Waals surface area contributed by atoms with Crippen molar-refractivity contribution in [2.24, 2.45) is 5.92 Å². The number of anilines is 1. The van der Waals surface area contributed by atoms with Gasteiger partial charge in [-0.2, -0.15) is 4.52 Å². The highest BCUT2D eigenvalue weighted by Gasteiger charge is 2.26. The van der Waals surface area contributed by atoms with Crippen molar-refractivity contribution in [3.63, 3.8) is 0 Å². The van der Waals surface area contributed by atoms with Crippen LogP contribution < -0.4 is 4.90 Å². The summed E-state index contributed by atoms with van der Waals surface area (Å²) in [7, 11) is 0. The fraction of sp³-hybridized carbons (Fsp3) is 0.455. The van der Waals surface area contributed by atoms with E-state index in [0.29, 0.717) is 35.3 Å². The maximum Gasteiger partial charge on any atom is 0.222 e. The molecule has 2 saturated heterocycles. The van der Waals surface area contributed by atoms with Gasteiger partial charge in [-0.25, -0.2) is 4.39 Å². The van der Waals surface area contributed by atoms with E-state index in [-0.39, 0.29) is 5.82 Å². The second-order valence-corrected chi connectivity index (χ2v) is 8.19. The highest BCUT2D eigenvalue weighted by molar-refractivity contribution is 5.76. The summed E-state index contributed by atoms with van der Waals surface area (Å²) in [6, 6.07) is 10.4. The monoisotopic (exact) mass is 408 g/mol. The van der Waals surface area contributed by atoms with Gasteiger partial charge in [0.25, 0.3) is 0 Å². The van der Waals surface area contributed by atoms with Crippen molar-refractivity contribution in [1.29, 1.82) is 0 Å². The number of halogens is 1. The molecule has 0 unspecified atom stereocenters. The molecular weight excluding hydrogens is 383 g/mol. The van der Waals surface area contributed by atoms with Gasteiger partial charge < -0.3 is 9.80 Å². The first-order valence-electron chi connectivity index (χ1n) is 10.7. The van der Waals surface area contributed by atoms with Crippen LogP contribution >= 0.6 is 0 Å². The first kappa shape index (κ1) is 19.0. The molecule has 0 saturated carbocycles. The molecule has 8 heteroatoms. The minimum Gasteiger partial charge on any atom is -0.355 e. The van der Waals surface area contributed by atoms with Crippen LogP contribution in [0.5, 0.6) is 0 Å². The minimum atomic E-state index is -0.341. The molecule has 0 aliphatic carbocycles. The number of hydrogen-bond acceptors (Lipinski definition) is 5. The third-order valence-electron chi connectivity index (χ3n) is 6.20. The van der Waals surface area contributed by atoms with Crippen LogP contribution in [0.25, 0.3) is 17.0 Å². The summed E-state index contributed by atoms with van der Waals surface area (Å²) in [4.78, 5) is 16.4. The zero-order valence-electron chi connectivity index (χ0n) is 16.9. The normalized spacial score (nSPS) is 18.4. The summed E-state index contributed by atoms with van der Waals surface area (Å²) in [5.74, 6) is 1.75. The van der Waals surface area contributed by atoms with Crippen molar-refractivity contribution >= 4 is 17.4 Å². The number of piperidine rings is 2. The van der Waals surface area contributed by atoms with E-state index < -0.39 is 0 Å². The average Bonchev–Trinajstić information content (AvgIpc) is 3.19. The summed E-state index contributed by atoms with van der Waals surface area (Å²) in [5.41, 5.74) is 0.982. The van der Waals surface area contributed by atoms with E-state index in [2.05, 4.69) is 15.1 Å². The van der Waals surface area contributed by atoms with Crippen LogP contribution in [-0.2, 0) is 4.79 Å². The lowest BCUT2D eigenvalue weighted by Crippen LogP contribution is -2.43. The van der Waals surface area contributed by atoms with Crippen molar-refractivity contribution in [3.05, 3.63) is 42.2 Å². The van der Waals surface area contributed by atoms with Gasteiger partial charge in [0.2, 0.25) is 5.91 Å². The molecule has 2 aliphatic heterocycles. The van der Waals surface area contributed by atoms with Crippen LogP contribution in [0.3, 0.4) is 0 Å². The van der Waals surface area contributed by atoms with Crippen molar-refractivity contribution in [3.8, 4) is 11.4 Å². The molecular formula is C22H25FN6O. The van der Waals surface area contributed by atoms with Gasteiger partial charge in [0.15, 0.2) is 11.5 Å². The van der Waals surface area contributed by atoms with Crippen molar-refractivity contribution < 1.29 is 9.18 Å². The van der Waals surface area contributed by atoms with E-state index in [1.807, 2.05) is 17.0 Å². The lowest BCUT2D eigenvalue weighted by atomic mass is 9.95. The van der Waals surface area contributed by atoms with Gasteiger partial charge in [-0.3, -0.25) is 4.79 Å². The second kappa shape index (κ2) is 8.01. The fourth-order valence-electron chi connectivity index (χ4n) is 4.47. The molecule has 0 atom stereocenters. The maximum atomic E-state index is 14.3. The largest absolute Gasteiger partial charge is 0.355 e. The van der Waals surface area contributed by atoms with E-state index in [0.717, 1.165) is 57.7 Å². The molecule has 156 valence electrons. The van der Waals surface area contributed by atoms with Gasteiger partial charge >= 0.3 is 0 Å². The third-order valence-corrected chi connectivity index (χ3v) is 6.20. The topological polar surface area (TPSA) is 66.6 Å². The van der Waals surface area contributed by atoms with E-state index in [4.69, 9.17) is 5.10 Å². The van der Waals surface area contributed by atoms with Crippen molar-refractivity contribution in [2.45, 2.75) is 32.1 Å². The van der Waals surface area contributed by atoms with Gasteiger partial charge in [-0.15, -0.1) is 15.3 Å². The number of fused-ring (bicyclic) bond motifs is 1. The van der Waals surface area contributed by atoms with Crippen LogP contribution in [0.4, 0.5) is 10.2 Å². The molecule has 2 aromatic heterocycles. The van der Waals surface area contributed by atoms with Crippen molar-refractivity contribution in [2.75, 3.05) is 31.1 Å². The lowest BCUT2D eigenvalue weighted by Gasteiger charge is -2.36. The number of rotatable bonds is 4. The quantitative estimate of drug-likeness (QED) is 0.663. The number of benzene rings is 1. The molecule has 0 bridgehead atoms. The zero-order valence-corrected chi connectivity index (χ0v) is 16.9. The molecule has 2 aliphatic rings. The number of carbonyl (C=O) groups is 1. The number of amides is 1. The number of carbonyl (C=O) groups excluding carboxylic acids is 1.